The average molecular weight is 339 g/mol. The predicted octanol–water partition coefficient (Wildman–Crippen LogP) is 4.13. The predicted molar refractivity (Wildman–Crippen MR) is 90.3 cm³/mol. The molecule has 1 aromatic carbocycles. The van der Waals surface area contributed by atoms with Crippen molar-refractivity contribution >= 4 is 41.0 Å². The number of carbonyl (C=O) groups excluding carboxylic acids is 2. The summed E-state index contributed by atoms with van der Waals surface area (Å²) in [5.74, 6) is -0.153. The summed E-state index contributed by atoms with van der Waals surface area (Å²) in [7, 11) is 0. The number of imide groups is 1. The summed E-state index contributed by atoms with van der Waals surface area (Å²) in [6.45, 7) is 8.27. The number of amides is 3. The van der Waals surface area contributed by atoms with E-state index in [2.05, 4.69) is 13.8 Å². The maximum Gasteiger partial charge on any atom is 0.332 e. The zero-order chi connectivity index (χ0) is 16.3. The minimum absolute atomic E-state index is 0.0731. The van der Waals surface area contributed by atoms with Gasteiger partial charge in [0.1, 0.15) is 0 Å². The molecule has 0 unspecified atom stereocenters. The third-order valence-electron chi connectivity index (χ3n) is 4.31. The fourth-order valence-electron chi connectivity index (χ4n) is 3.46. The Morgan fingerprint density at radius 3 is 2.32 bits per heavy atom. The number of nitrogens with zero attached hydrogens (tertiary/aromatic N) is 2. The summed E-state index contributed by atoms with van der Waals surface area (Å²) in [4.78, 5) is 28.4. The molecule has 3 rings (SSSR count). The maximum atomic E-state index is 13.0. The molecular weight excluding hydrogens is 320 g/mol. The molecule has 0 aromatic heterocycles. The zero-order valence-corrected chi connectivity index (χ0v) is 14.7. The van der Waals surface area contributed by atoms with Crippen molar-refractivity contribution in [1.82, 2.24) is 4.90 Å². The summed E-state index contributed by atoms with van der Waals surface area (Å²) >= 11 is 7.63. The number of hydrogen-bond acceptors (Lipinski definition) is 3. The smallest absolute Gasteiger partial charge is 0.305 e. The highest BCUT2D eigenvalue weighted by atomic mass is 35.5. The van der Waals surface area contributed by atoms with Crippen molar-refractivity contribution < 1.29 is 9.59 Å². The van der Waals surface area contributed by atoms with Crippen LogP contribution in [0, 0.1) is 0 Å². The largest absolute Gasteiger partial charge is 0.332 e. The first kappa shape index (κ1) is 15.7. The number of benzene rings is 1. The Labute approximate surface area is 139 Å². The second kappa shape index (κ2) is 4.90. The van der Waals surface area contributed by atoms with Crippen molar-refractivity contribution in [1.29, 1.82) is 0 Å². The highest BCUT2D eigenvalue weighted by molar-refractivity contribution is 8.02. The van der Waals surface area contributed by atoms with Crippen molar-refractivity contribution in [2.75, 3.05) is 4.90 Å². The first-order chi connectivity index (χ1) is 10.1. The zero-order valence-electron chi connectivity index (χ0n) is 13.1. The molecule has 0 N–H and O–H groups in total. The lowest BCUT2D eigenvalue weighted by atomic mass is 9.94. The van der Waals surface area contributed by atoms with Crippen LogP contribution in [0.1, 0.15) is 34.1 Å². The Balaban J connectivity index is 2.01. The van der Waals surface area contributed by atoms with Gasteiger partial charge in [0.25, 0.3) is 0 Å². The van der Waals surface area contributed by atoms with Gasteiger partial charge in [-0.25, -0.2) is 9.69 Å². The molecule has 0 radical (unpaired) electrons. The molecule has 0 spiro atoms. The van der Waals surface area contributed by atoms with E-state index in [0.29, 0.717) is 17.1 Å². The number of thioether (sulfide) groups is 1. The first-order valence-electron chi connectivity index (χ1n) is 7.25. The minimum Gasteiger partial charge on any atom is -0.305 e. The van der Waals surface area contributed by atoms with Crippen LogP contribution in [0.5, 0.6) is 0 Å². The van der Waals surface area contributed by atoms with Crippen molar-refractivity contribution in [2.45, 2.75) is 49.8 Å². The fraction of sp³-hybridized carbons (Fsp3) is 0.500. The van der Waals surface area contributed by atoms with Gasteiger partial charge < -0.3 is 4.90 Å². The van der Waals surface area contributed by atoms with Crippen LogP contribution in [0.25, 0.3) is 0 Å². The Bertz CT molecular complexity index is 642. The number of halogens is 1. The molecule has 22 heavy (non-hydrogen) atoms. The molecule has 118 valence electrons. The summed E-state index contributed by atoms with van der Waals surface area (Å²) in [5, 5.41) is 0.580. The molecule has 3 amide bonds. The number of carbonyl (C=O) groups is 2. The molecule has 6 heteroatoms. The molecule has 2 heterocycles. The molecule has 2 saturated heterocycles. The Kier molecular flexibility index (Phi) is 3.49. The number of rotatable bonds is 1. The lowest BCUT2D eigenvalue weighted by molar-refractivity contribution is -0.120. The molecule has 1 atom stereocenters. The van der Waals surface area contributed by atoms with E-state index >= 15 is 0 Å². The van der Waals surface area contributed by atoms with Gasteiger partial charge in [-0.15, -0.1) is 11.8 Å². The van der Waals surface area contributed by atoms with Crippen LogP contribution >= 0.6 is 23.4 Å². The molecule has 0 saturated carbocycles. The Morgan fingerprint density at radius 1 is 1.14 bits per heavy atom. The molecule has 1 aromatic rings. The van der Waals surface area contributed by atoms with Crippen LogP contribution in [0.4, 0.5) is 10.5 Å². The molecule has 2 aliphatic rings. The summed E-state index contributed by atoms with van der Waals surface area (Å²) < 4.78 is -0.138. The van der Waals surface area contributed by atoms with E-state index in [1.807, 2.05) is 18.7 Å². The van der Waals surface area contributed by atoms with Gasteiger partial charge in [-0.05, 0) is 52.0 Å². The van der Waals surface area contributed by atoms with Crippen molar-refractivity contribution in [3.8, 4) is 0 Å². The molecule has 0 bridgehead atoms. The van der Waals surface area contributed by atoms with E-state index in [1.165, 1.54) is 4.90 Å². The van der Waals surface area contributed by atoms with Crippen LogP contribution in [0.15, 0.2) is 24.3 Å². The van der Waals surface area contributed by atoms with E-state index in [0.717, 1.165) is 0 Å². The normalized spacial score (nSPS) is 26.3. The number of anilines is 1. The lowest BCUT2D eigenvalue weighted by Crippen LogP contribution is -2.61. The van der Waals surface area contributed by atoms with Gasteiger partial charge in [0.15, 0.2) is 0 Å². The highest BCUT2D eigenvalue weighted by Gasteiger charge is 2.58. The summed E-state index contributed by atoms with van der Waals surface area (Å²) in [6, 6.07) is 6.48. The summed E-state index contributed by atoms with van der Waals surface area (Å²) in [5.41, 5.74) is 0.573. The maximum absolute atomic E-state index is 13.0. The highest BCUT2D eigenvalue weighted by Crippen LogP contribution is 2.53. The molecule has 2 fully saturated rings. The quantitative estimate of drug-likeness (QED) is 0.773. The fourth-order valence-corrected chi connectivity index (χ4v) is 5.51. The van der Waals surface area contributed by atoms with Crippen LogP contribution in [-0.4, -0.2) is 32.5 Å². The molecule has 0 aliphatic carbocycles. The van der Waals surface area contributed by atoms with E-state index in [-0.39, 0.29) is 27.6 Å². The van der Waals surface area contributed by atoms with Gasteiger partial charge in [-0.1, -0.05) is 11.6 Å². The third-order valence-corrected chi connectivity index (χ3v) is 6.05. The molecule has 2 aliphatic heterocycles. The van der Waals surface area contributed by atoms with Crippen LogP contribution in [0.3, 0.4) is 0 Å². The standard InChI is InChI=1S/C16H19ClN2O2S/c1-15(2)12-9-13(20)18(11-7-5-10(17)6-8-11)14(21)19(12)16(3,4)22-15/h5-8,12H,9H2,1-4H3/t12-/m1/s1. The third kappa shape index (κ3) is 2.31. The van der Waals surface area contributed by atoms with Crippen molar-refractivity contribution in [3.05, 3.63) is 29.3 Å². The van der Waals surface area contributed by atoms with Crippen molar-refractivity contribution in [2.24, 2.45) is 0 Å². The Hall–Kier alpha value is -1.20. The van der Waals surface area contributed by atoms with Crippen LogP contribution in [-0.2, 0) is 4.79 Å². The second-order valence-electron chi connectivity index (χ2n) is 6.73. The molecule has 4 nitrogen and oxygen atoms in total. The van der Waals surface area contributed by atoms with Gasteiger partial charge in [0.2, 0.25) is 5.91 Å². The van der Waals surface area contributed by atoms with E-state index in [1.54, 1.807) is 36.0 Å². The average Bonchev–Trinajstić information content (AvgIpc) is 2.56. The second-order valence-corrected chi connectivity index (χ2v) is 9.42. The minimum atomic E-state index is -0.337. The van der Waals surface area contributed by atoms with E-state index < -0.39 is 0 Å². The summed E-state index contributed by atoms with van der Waals surface area (Å²) in [6.07, 6.45) is 0.345. The van der Waals surface area contributed by atoms with E-state index in [4.69, 9.17) is 11.6 Å². The Morgan fingerprint density at radius 2 is 1.73 bits per heavy atom. The van der Waals surface area contributed by atoms with Gasteiger partial charge in [-0.2, -0.15) is 0 Å². The number of urea groups is 1. The van der Waals surface area contributed by atoms with Crippen molar-refractivity contribution in [3.63, 3.8) is 0 Å². The lowest BCUT2D eigenvalue weighted by Gasteiger charge is -2.43. The first-order valence-corrected chi connectivity index (χ1v) is 8.45. The SMILES string of the molecule is CC1(C)SC(C)(C)N2C(=O)N(c3ccc(Cl)cc3)C(=O)C[C@@H]21. The van der Waals surface area contributed by atoms with Gasteiger partial charge >= 0.3 is 6.03 Å². The number of hydrogen-bond donors (Lipinski definition) is 0. The van der Waals surface area contributed by atoms with Gasteiger partial charge in [0, 0.05) is 16.2 Å². The van der Waals surface area contributed by atoms with E-state index in [9.17, 15) is 9.59 Å². The number of fused-ring (bicyclic) bond motifs is 1. The monoisotopic (exact) mass is 338 g/mol. The molecular formula is C16H19ClN2O2S. The van der Waals surface area contributed by atoms with Gasteiger partial charge in [0.05, 0.1) is 16.6 Å². The van der Waals surface area contributed by atoms with Crippen LogP contribution in [0.2, 0.25) is 5.02 Å². The van der Waals surface area contributed by atoms with Crippen LogP contribution < -0.4 is 4.90 Å². The topological polar surface area (TPSA) is 40.6 Å². The van der Waals surface area contributed by atoms with Gasteiger partial charge in [-0.3, -0.25) is 4.79 Å².